The number of nitrogens with zero attached hydrogens (tertiary/aromatic N) is 1. The Morgan fingerprint density at radius 2 is 2.06 bits per heavy atom. The maximum atomic E-state index is 5.98. The summed E-state index contributed by atoms with van der Waals surface area (Å²) in [5.41, 5.74) is 1.13. The largest absolute Gasteiger partial charge is 0.415 e. The normalized spacial score (nSPS) is 13.8. The van der Waals surface area contributed by atoms with E-state index < -0.39 is 8.32 Å². The van der Waals surface area contributed by atoms with Gasteiger partial charge in [0.2, 0.25) is 0 Å². The van der Waals surface area contributed by atoms with Gasteiger partial charge >= 0.3 is 0 Å². The quantitative estimate of drug-likeness (QED) is 0.767. The summed E-state index contributed by atoms with van der Waals surface area (Å²) in [6, 6.07) is 4.09. The lowest BCUT2D eigenvalue weighted by atomic mass is 10.1. The maximum Gasteiger partial charge on any atom is 0.184 e. The standard InChI is InChI=1S/C12H20BrNOSi/c1-10(15-16(2,3)4)5-7-12-8-6-11(13)9-14-12/h6,8-10H,5,7H2,1-4H3. The molecule has 1 aromatic heterocycles. The summed E-state index contributed by atoms with van der Waals surface area (Å²) in [6.45, 7) is 8.82. The van der Waals surface area contributed by atoms with Crippen molar-refractivity contribution >= 4 is 24.2 Å². The second-order valence-corrected chi connectivity index (χ2v) is 10.4. The molecule has 1 unspecified atom stereocenters. The summed E-state index contributed by atoms with van der Waals surface area (Å²) in [5.74, 6) is 0. The lowest BCUT2D eigenvalue weighted by Crippen LogP contribution is -2.30. The molecular formula is C12H20BrNOSi. The van der Waals surface area contributed by atoms with Crippen LogP contribution in [0.1, 0.15) is 19.0 Å². The first-order chi connectivity index (χ1) is 7.37. The molecule has 16 heavy (non-hydrogen) atoms. The molecule has 0 aliphatic rings. The van der Waals surface area contributed by atoms with Gasteiger partial charge in [0.1, 0.15) is 0 Å². The number of halogens is 1. The van der Waals surface area contributed by atoms with Gasteiger partial charge in [-0.05, 0) is 67.5 Å². The predicted octanol–water partition coefficient (Wildman–Crippen LogP) is 4.02. The van der Waals surface area contributed by atoms with E-state index in [1.54, 1.807) is 0 Å². The molecule has 0 spiro atoms. The molecule has 0 saturated heterocycles. The van der Waals surface area contributed by atoms with Crippen molar-refractivity contribution in [3.63, 3.8) is 0 Å². The molecule has 1 heterocycles. The number of hydrogen-bond donors (Lipinski definition) is 0. The van der Waals surface area contributed by atoms with E-state index >= 15 is 0 Å². The lowest BCUT2D eigenvalue weighted by Gasteiger charge is -2.23. The Morgan fingerprint density at radius 3 is 2.56 bits per heavy atom. The van der Waals surface area contributed by atoms with Gasteiger partial charge < -0.3 is 4.43 Å². The summed E-state index contributed by atoms with van der Waals surface area (Å²) in [6.07, 6.45) is 4.20. The highest BCUT2D eigenvalue weighted by Crippen LogP contribution is 2.13. The van der Waals surface area contributed by atoms with E-state index in [-0.39, 0.29) is 0 Å². The Balaban J connectivity index is 2.37. The van der Waals surface area contributed by atoms with Crippen LogP contribution in [-0.4, -0.2) is 19.4 Å². The fourth-order valence-corrected chi connectivity index (χ4v) is 3.13. The van der Waals surface area contributed by atoms with Gasteiger partial charge in [0, 0.05) is 22.5 Å². The molecule has 0 aromatic carbocycles. The number of rotatable bonds is 5. The molecule has 0 aliphatic heterocycles. The first kappa shape index (κ1) is 13.9. The van der Waals surface area contributed by atoms with Crippen molar-refractivity contribution in [2.24, 2.45) is 0 Å². The predicted molar refractivity (Wildman–Crippen MR) is 74.2 cm³/mol. The lowest BCUT2D eigenvalue weighted by molar-refractivity contribution is 0.203. The summed E-state index contributed by atoms with van der Waals surface area (Å²) in [7, 11) is -1.40. The molecule has 0 aliphatic carbocycles. The zero-order chi connectivity index (χ0) is 12.2. The van der Waals surface area contributed by atoms with Crippen molar-refractivity contribution < 1.29 is 4.43 Å². The minimum atomic E-state index is -1.40. The summed E-state index contributed by atoms with van der Waals surface area (Å²) >= 11 is 3.38. The molecule has 90 valence electrons. The van der Waals surface area contributed by atoms with Gasteiger partial charge in [-0.3, -0.25) is 4.98 Å². The molecular weight excluding hydrogens is 282 g/mol. The topological polar surface area (TPSA) is 22.1 Å². The summed E-state index contributed by atoms with van der Waals surface area (Å²) < 4.78 is 7.02. The molecule has 0 N–H and O–H groups in total. The second kappa shape index (κ2) is 5.94. The molecule has 1 rings (SSSR count). The minimum absolute atomic E-state index is 0.331. The van der Waals surface area contributed by atoms with Gasteiger partial charge in [-0.1, -0.05) is 0 Å². The highest BCUT2D eigenvalue weighted by molar-refractivity contribution is 9.10. The number of aromatic nitrogens is 1. The highest BCUT2D eigenvalue weighted by Gasteiger charge is 2.17. The van der Waals surface area contributed by atoms with Crippen molar-refractivity contribution in [1.82, 2.24) is 4.98 Å². The average Bonchev–Trinajstić information content (AvgIpc) is 2.14. The molecule has 2 nitrogen and oxygen atoms in total. The van der Waals surface area contributed by atoms with Gasteiger partial charge in [-0.15, -0.1) is 0 Å². The van der Waals surface area contributed by atoms with Gasteiger partial charge in [0.05, 0.1) is 0 Å². The fourth-order valence-electron chi connectivity index (χ4n) is 1.57. The second-order valence-electron chi connectivity index (χ2n) is 5.05. The summed E-state index contributed by atoms with van der Waals surface area (Å²) in [5, 5.41) is 0. The van der Waals surface area contributed by atoms with E-state index in [2.05, 4.69) is 53.5 Å². The number of pyridine rings is 1. The van der Waals surface area contributed by atoms with Crippen LogP contribution in [0, 0.1) is 0 Å². The van der Waals surface area contributed by atoms with E-state index in [9.17, 15) is 0 Å². The van der Waals surface area contributed by atoms with Gasteiger partial charge in [0.25, 0.3) is 0 Å². The van der Waals surface area contributed by atoms with Crippen LogP contribution in [0.25, 0.3) is 0 Å². The van der Waals surface area contributed by atoms with Crippen molar-refractivity contribution in [2.75, 3.05) is 0 Å². The van der Waals surface area contributed by atoms with E-state index in [1.807, 2.05) is 12.3 Å². The number of hydrogen-bond acceptors (Lipinski definition) is 2. The first-order valence-electron chi connectivity index (χ1n) is 5.65. The Kier molecular flexibility index (Phi) is 5.15. The zero-order valence-electron chi connectivity index (χ0n) is 10.5. The molecule has 0 bridgehead atoms. The van der Waals surface area contributed by atoms with Crippen LogP contribution in [0.4, 0.5) is 0 Å². The molecule has 0 radical (unpaired) electrons. The van der Waals surface area contributed by atoms with Gasteiger partial charge in [-0.25, -0.2) is 0 Å². The fraction of sp³-hybridized carbons (Fsp3) is 0.583. The third kappa shape index (κ3) is 5.77. The van der Waals surface area contributed by atoms with E-state index in [4.69, 9.17) is 4.43 Å². The molecule has 0 fully saturated rings. The van der Waals surface area contributed by atoms with Crippen molar-refractivity contribution in [3.8, 4) is 0 Å². The van der Waals surface area contributed by atoms with Crippen molar-refractivity contribution in [2.45, 2.75) is 45.5 Å². The number of aryl methyl sites for hydroxylation is 1. The van der Waals surface area contributed by atoms with Crippen LogP contribution < -0.4 is 0 Å². The van der Waals surface area contributed by atoms with E-state index in [1.165, 1.54) is 0 Å². The molecule has 0 amide bonds. The van der Waals surface area contributed by atoms with Crippen LogP contribution in [0.5, 0.6) is 0 Å². The van der Waals surface area contributed by atoms with Crippen LogP contribution >= 0.6 is 15.9 Å². The maximum absolute atomic E-state index is 5.98. The van der Waals surface area contributed by atoms with Crippen molar-refractivity contribution in [3.05, 3.63) is 28.5 Å². The van der Waals surface area contributed by atoms with Crippen LogP contribution in [0.2, 0.25) is 19.6 Å². The third-order valence-electron chi connectivity index (χ3n) is 2.15. The Bertz CT molecular complexity index is 321. The van der Waals surface area contributed by atoms with E-state index in [0.717, 1.165) is 23.0 Å². The highest BCUT2D eigenvalue weighted by atomic mass is 79.9. The Hall–Kier alpha value is -0.193. The molecule has 1 atom stereocenters. The smallest absolute Gasteiger partial charge is 0.184 e. The third-order valence-corrected chi connectivity index (χ3v) is 3.73. The average molecular weight is 302 g/mol. The molecule has 4 heteroatoms. The van der Waals surface area contributed by atoms with Crippen LogP contribution in [-0.2, 0) is 10.8 Å². The van der Waals surface area contributed by atoms with Gasteiger partial charge in [0.15, 0.2) is 8.32 Å². The molecule has 0 saturated carbocycles. The van der Waals surface area contributed by atoms with Crippen LogP contribution in [0.3, 0.4) is 0 Å². The SMILES string of the molecule is CC(CCc1ccc(Br)cn1)O[Si](C)(C)C. The zero-order valence-corrected chi connectivity index (χ0v) is 13.0. The Morgan fingerprint density at radius 1 is 1.38 bits per heavy atom. The minimum Gasteiger partial charge on any atom is -0.415 e. The van der Waals surface area contributed by atoms with Crippen molar-refractivity contribution in [1.29, 1.82) is 0 Å². The first-order valence-corrected chi connectivity index (χ1v) is 9.85. The Labute approximate surface area is 108 Å². The summed E-state index contributed by atoms with van der Waals surface area (Å²) in [4.78, 5) is 4.36. The van der Waals surface area contributed by atoms with Crippen LogP contribution in [0.15, 0.2) is 22.8 Å². The monoisotopic (exact) mass is 301 g/mol. The van der Waals surface area contributed by atoms with Gasteiger partial charge in [-0.2, -0.15) is 0 Å². The molecule has 1 aromatic rings. The van der Waals surface area contributed by atoms with E-state index in [0.29, 0.717) is 6.10 Å².